The Morgan fingerprint density at radius 3 is 2.37 bits per heavy atom. The molecular weight excluding hydrogens is 446 g/mol. The summed E-state index contributed by atoms with van der Waals surface area (Å²) in [6.07, 6.45) is 4.28. The molecule has 4 rings (SSSR count). The minimum absolute atomic E-state index is 0.233. The SMILES string of the molecule is CCOC(=O)[C@@H](Cc1c[nH]c2ccccc12)NC(=O)CCCCCN1C(=O)c2ccccc2C1=O. The zero-order chi connectivity index (χ0) is 24.8. The Hall–Kier alpha value is -3.94. The second kappa shape index (κ2) is 11.0. The third kappa shape index (κ3) is 5.42. The van der Waals surface area contributed by atoms with Crippen LogP contribution in [-0.4, -0.2) is 52.8 Å². The van der Waals surface area contributed by atoms with Crippen molar-refractivity contribution in [3.8, 4) is 0 Å². The van der Waals surface area contributed by atoms with Gasteiger partial charge in [-0.3, -0.25) is 19.3 Å². The van der Waals surface area contributed by atoms with Gasteiger partial charge in [0.1, 0.15) is 6.04 Å². The molecule has 0 saturated carbocycles. The van der Waals surface area contributed by atoms with E-state index in [4.69, 9.17) is 4.74 Å². The molecule has 0 aliphatic carbocycles. The van der Waals surface area contributed by atoms with Crippen LogP contribution in [0.15, 0.2) is 54.7 Å². The summed E-state index contributed by atoms with van der Waals surface area (Å²) in [4.78, 5) is 54.4. The lowest BCUT2D eigenvalue weighted by molar-refractivity contribution is -0.147. The Morgan fingerprint density at radius 1 is 0.971 bits per heavy atom. The van der Waals surface area contributed by atoms with Crippen LogP contribution in [0, 0.1) is 0 Å². The van der Waals surface area contributed by atoms with Gasteiger partial charge >= 0.3 is 5.97 Å². The number of aromatic amines is 1. The number of fused-ring (bicyclic) bond motifs is 2. The molecule has 1 aromatic heterocycles. The van der Waals surface area contributed by atoms with Crippen molar-refractivity contribution in [2.45, 2.75) is 45.1 Å². The Bertz CT molecular complexity index is 1210. The van der Waals surface area contributed by atoms with Crippen LogP contribution in [0.2, 0.25) is 0 Å². The van der Waals surface area contributed by atoms with Crippen molar-refractivity contribution in [2.24, 2.45) is 0 Å². The minimum Gasteiger partial charge on any atom is -0.464 e. The third-order valence-corrected chi connectivity index (χ3v) is 6.17. The first-order chi connectivity index (χ1) is 17.0. The number of esters is 1. The number of hydrogen-bond donors (Lipinski definition) is 2. The number of carbonyl (C=O) groups excluding carboxylic acids is 4. The highest BCUT2D eigenvalue weighted by molar-refractivity contribution is 6.21. The van der Waals surface area contributed by atoms with Gasteiger partial charge in [0.2, 0.25) is 5.91 Å². The smallest absolute Gasteiger partial charge is 0.328 e. The maximum absolute atomic E-state index is 12.6. The molecule has 1 atom stereocenters. The van der Waals surface area contributed by atoms with Crippen LogP contribution in [-0.2, 0) is 20.7 Å². The largest absolute Gasteiger partial charge is 0.464 e. The van der Waals surface area contributed by atoms with Crippen molar-refractivity contribution in [1.82, 2.24) is 15.2 Å². The number of para-hydroxylation sites is 1. The summed E-state index contributed by atoms with van der Waals surface area (Å²) >= 11 is 0. The molecule has 35 heavy (non-hydrogen) atoms. The number of aromatic nitrogens is 1. The quantitative estimate of drug-likeness (QED) is 0.250. The highest BCUT2D eigenvalue weighted by Gasteiger charge is 2.34. The lowest BCUT2D eigenvalue weighted by Crippen LogP contribution is -2.43. The van der Waals surface area contributed by atoms with Gasteiger partial charge in [-0.05, 0) is 43.5 Å². The van der Waals surface area contributed by atoms with Gasteiger partial charge in [-0.15, -0.1) is 0 Å². The average Bonchev–Trinajstić information content (AvgIpc) is 3.38. The van der Waals surface area contributed by atoms with Crippen LogP contribution in [0.5, 0.6) is 0 Å². The number of carbonyl (C=O) groups is 4. The molecule has 0 spiro atoms. The number of nitrogens with one attached hydrogen (secondary N) is 2. The molecule has 0 radical (unpaired) electrons. The van der Waals surface area contributed by atoms with E-state index in [1.54, 1.807) is 31.2 Å². The first-order valence-electron chi connectivity index (χ1n) is 12.0. The van der Waals surface area contributed by atoms with Crippen molar-refractivity contribution < 1.29 is 23.9 Å². The number of nitrogens with zero attached hydrogens (tertiary/aromatic N) is 1. The monoisotopic (exact) mass is 475 g/mol. The third-order valence-electron chi connectivity index (χ3n) is 6.17. The van der Waals surface area contributed by atoms with E-state index < -0.39 is 12.0 Å². The van der Waals surface area contributed by atoms with Gasteiger partial charge in [-0.2, -0.15) is 0 Å². The van der Waals surface area contributed by atoms with Crippen molar-refractivity contribution >= 4 is 34.6 Å². The summed E-state index contributed by atoms with van der Waals surface area (Å²) in [7, 11) is 0. The number of imide groups is 1. The lowest BCUT2D eigenvalue weighted by Gasteiger charge is -2.17. The predicted octanol–water partition coefficient (Wildman–Crippen LogP) is 3.61. The molecule has 0 saturated heterocycles. The standard InChI is InChI=1S/C27H29N3O5/c1-2-35-27(34)23(16-18-17-28-22-13-8-7-10-19(18)22)29-24(31)14-4-3-9-15-30-25(32)20-11-5-6-12-21(20)26(30)33/h5-8,10-13,17,23,28H,2-4,9,14-16H2,1H3,(H,29,31)/t23-/m1/s1. The van der Waals surface area contributed by atoms with Crippen LogP contribution in [0.4, 0.5) is 0 Å². The fourth-order valence-electron chi connectivity index (χ4n) is 4.40. The molecule has 3 aromatic rings. The van der Waals surface area contributed by atoms with E-state index in [1.165, 1.54) is 4.90 Å². The molecule has 0 bridgehead atoms. The van der Waals surface area contributed by atoms with E-state index in [9.17, 15) is 19.2 Å². The molecule has 0 fully saturated rings. The van der Waals surface area contributed by atoms with Crippen molar-refractivity contribution in [1.29, 1.82) is 0 Å². The van der Waals surface area contributed by atoms with Gasteiger partial charge in [0.15, 0.2) is 0 Å². The average molecular weight is 476 g/mol. The van der Waals surface area contributed by atoms with E-state index in [0.717, 1.165) is 16.5 Å². The number of hydrogen-bond acceptors (Lipinski definition) is 5. The fourth-order valence-corrected chi connectivity index (χ4v) is 4.40. The Balaban J connectivity index is 1.25. The molecule has 0 unspecified atom stereocenters. The summed E-state index contributed by atoms with van der Waals surface area (Å²) in [5.41, 5.74) is 2.78. The van der Waals surface area contributed by atoms with Crippen LogP contribution in [0.1, 0.15) is 58.9 Å². The predicted molar refractivity (Wildman–Crippen MR) is 131 cm³/mol. The summed E-state index contributed by atoms with van der Waals surface area (Å²) in [5.74, 6) is -1.23. The lowest BCUT2D eigenvalue weighted by atomic mass is 10.0. The van der Waals surface area contributed by atoms with Crippen molar-refractivity contribution in [3.63, 3.8) is 0 Å². The number of unbranched alkanes of at least 4 members (excludes halogenated alkanes) is 2. The molecule has 8 nitrogen and oxygen atoms in total. The normalized spacial score (nSPS) is 13.7. The highest BCUT2D eigenvalue weighted by Crippen LogP contribution is 2.23. The molecular formula is C27H29N3O5. The van der Waals surface area contributed by atoms with Gasteiger partial charge in [-0.25, -0.2) is 4.79 Å². The van der Waals surface area contributed by atoms with Crippen LogP contribution >= 0.6 is 0 Å². The molecule has 2 N–H and O–H groups in total. The number of H-pyrrole nitrogens is 1. The topological polar surface area (TPSA) is 109 Å². The molecule has 182 valence electrons. The summed E-state index contributed by atoms with van der Waals surface area (Å²) in [6, 6.07) is 13.8. The molecule has 1 aliphatic heterocycles. The van der Waals surface area contributed by atoms with E-state index in [-0.39, 0.29) is 30.7 Å². The Morgan fingerprint density at radius 2 is 1.66 bits per heavy atom. The Labute approximate surface area is 203 Å². The Kier molecular flexibility index (Phi) is 7.60. The first kappa shape index (κ1) is 24.2. The molecule has 2 aromatic carbocycles. The zero-order valence-corrected chi connectivity index (χ0v) is 19.7. The van der Waals surface area contributed by atoms with Gasteiger partial charge in [0, 0.05) is 36.5 Å². The van der Waals surface area contributed by atoms with Gasteiger partial charge in [0.25, 0.3) is 11.8 Å². The molecule has 3 amide bonds. The minimum atomic E-state index is -0.778. The maximum Gasteiger partial charge on any atom is 0.328 e. The van der Waals surface area contributed by atoms with E-state index >= 15 is 0 Å². The van der Waals surface area contributed by atoms with Crippen molar-refractivity contribution in [2.75, 3.05) is 13.2 Å². The molecule has 2 heterocycles. The van der Waals surface area contributed by atoms with E-state index in [0.29, 0.717) is 43.4 Å². The van der Waals surface area contributed by atoms with Crippen LogP contribution in [0.25, 0.3) is 10.9 Å². The zero-order valence-electron chi connectivity index (χ0n) is 19.7. The van der Waals surface area contributed by atoms with Gasteiger partial charge < -0.3 is 15.0 Å². The summed E-state index contributed by atoms with van der Waals surface area (Å²) in [5, 5.41) is 3.82. The number of rotatable bonds is 11. The number of ether oxygens (including phenoxy) is 1. The van der Waals surface area contributed by atoms with Gasteiger partial charge in [0.05, 0.1) is 17.7 Å². The van der Waals surface area contributed by atoms with Crippen LogP contribution in [0.3, 0.4) is 0 Å². The second-order valence-electron chi connectivity index (χ2n) is 8.55. The fraction of sp³-hybridized carbons (Fsp3) is 0.333. The maximum atomic E-state index is 12.6. The van der Waals surface area contributed by atoms with E-state index in [1.807, 2.05) is 30.5 Å². The summed E-state index contributed by atoms with van der Waals surface area (Å²) < 4.78 is 5.18. The van der Waals surface area contributed by atoms with Gasteiger partial charge in [-0.1, -0.05) is 36.8 Å². The molecule has 1 aliphatic rings. The first-order valence-corrected chi connectivity index (χ1v) is 12.0. The molecule has 8 heteroatoms. The summed E-state index contributed by atoms with van der Waals surface area (Å²) in [6.45, 7) is 2.29. The number of benzene rings is 2. The number of amides is 3. The van der Waals surface area contributed by atoms with E-state index in [2.05, 4.69) is 10.3 Å². The van der Waals surface area contributed by atoms with Crippen LogP contribution < -0.4 is 5.32 Å². The highest BCUT2D eigenvalue weighted by atomic mass is 16.5. The van der Waals surface area contributed by atoms with Crippen molar-refractivity contribution in [3.05, 3.63) is 71.4 Å². The second-order valence-corrected chi connectivity index (χ2v) is 8.55.